The Morgan fingerprint density at radius 3 is 2.35 bits per heavy atom. The van der Waals surface area contributed by atoms with Crippen LogP contribution in [0.2, 0.25) is 0 Å². The lowest BCUT2D eigenvalue weighted by Gasteiger charge is -2.11. The van der Waals surface area contributed by atoms with Gasteiger partial charge in [0, 0.05) is 22.7 Å². The summed E-state index contributed by atoms with van der Waals surface area (Å²) in [6.45, 7) is 4.63. The van der Waals surface area contributed by atoms with Crippen molar-refractivity contribution in [2.75, 3.05) is 18.1 Å². The Labute approximate surface area is 140 Å². The Balaban J connectivity index is 0.00000200. The summed E-state index contributed by atoms with van der Waals surface area (Å²) in [5.74, 6) is 0.390. The van der Waals surface area contributed by atoms with E-state index in [1.807, 2.05) is 26.0 Å². The minimum atomic E-state index is -0.825. The highest BCUT2D eigenvalue weighted by Crippen LogP contribution is 2.41. The quantitative estimate of drug-likeness (QED) is 0.458. The molecule has 0 amide bonds. The van der Waals surface area contributed by atoms with Gasteiger partial charge < -0.3 is 11.1 Å². The lowest BCUT2D eigenvalue weighted by Crippen LogP contribution is -2.27. The third kappa shape index (κ3) is 4.44. The molecular formula is C14H22IN3OS. The Morgan fingerprint density at radius 2 is 1.90 bits per heavy atom. The zero-order chi connectivity index (χ0) is 14.0. The van der Waals surface area contributed by atoms with Crippen molar-refractivity contribution in [1.29, 1.82) is 0 Å². The monoisotopic (exact) mass is 407 g/mol. The van der Waals surface area contributed by atoms with Gasteiger partial charge in [0.2, 0.25) is 0 Å². The standard InChI is InChI=1S/C14H21N3OS.HI/c1-10-6-11(2)8-12(7-10)17-13(15)16-9-14(4-5-14)19(3)18;/h6-8H,4-5,9H2,1-3H3,(H3,15,16,17);1H. The lowest BCUT2D eigenvalue weighted by atomic mass is 10.1. The molecule has 6 heteroatoms. The summed E-state index contributed by atoms with van der Waals surface area (Å²) in [7, 11) is -0.825. The second-order valence-corrected chi connectivity index (χ2v) is 7.11. The van der Waals surface area contributed by atoms with E-state index in [2.05, 4.69) is 16.4 Å². The number of nitrogens with two attached hydrogens (primary N) is 1. The van der Waals surface area contributed by atoms with Crippen molar-refractivity contribution in [2.45, 2.75) is 31.4 Å². The molecule has 1 fully saturated rings. The average Bonchev–Trinajstić information content (AvgIpc) is 3.05. The predicted octanol–water partition coefficient (Wildman–Crippen LogP) is 2.56. The summed E-state index contributed by atoms with van der Waals surface area (Å²) in [4.78, 5) is 4.32. The number of hydrogen-bond acceptors (Lipinski definition) is 2. The largest absolute Gasteiger partial charge is 0.370 e. The lowest BCUT2D eigenvalue weighted by molar-refractivity contribution is 0.672. The third-order valence-electron chi connectivity index (χ3n) is 3.45. The zero-order valence-electron chi connectivity index (χ0n) is 12.1. The fraction of sp³-hybridized carbons (Fsp3) is 0.500. The molecule has 1 unspecified atom stereocenters. The first-order valence-corrected chi connectivity index (χ1v) is 7.96. The summed E-state index contributed by atoms with van der Waals surface area (Å²) >= 11 is 0. The van der Waals surface area contributed by atoms with Crippen LogP contribution in [0, 0.1) is 13.8 Å². The molecule has 1 saturated carbocycles. The summed E-state index contributed by atoms with van der Waals surface area (Å²) in [5.41, 5.74) is 9.19. The van der Waals surface area contributed by atoms with Crippen LogP contribution in [0.25, 0.3) is 0 Å². The maximum atomic E-state index is 11.6. The number of aliphatic imine (C=N–C) groups is 1. The molecule has 1 aromatic rings. The highest BCUT2D eigenvalue weighted by molar-refractivity contribution is 14.0. The predicted molar refractivity (Wildman–Crippen MR) is 97.5 cm³/mol. The number of guanidine groups is 1. The minimum Gasteiger partial charge on any atom is -0.370 e. The van der Waals surface area contributed by atoms with E-state index in [0.29, 0.717) is 12.5 Å². The number of nitrogens with one attached hydrogen (secondary N) is 1. The summed E-state index contributed by atoms with van der Waals surface area (Å²) in [6.07, 6.45) is 3.71. The van der Waals surface area contributed by atoms with Gasteiger partial charge in [-0.25, -0.2) is 0 Å². The van der Waals surface area contributed by atoms with E-state index < -0.39 is 10.8 Å². The van der Waals surface area contributed by atoms with Crippen molar-refractivity contribution < 1.29 is 4.21 Å². The Hall–Kier alpha value is -0.630. The number of aryl methyl sites for hydroxylation is 2. The summed E-state index contributed by atoms with van der Waals surface area (Å²) in [6, 6.07) is 6.17. The van der Waals surface area contributed by atoms with E-state index >= 15 is 0 Å². The van der Waals surface area contributed by atoms with Crippen LogP contribution < -0.4 is 11.1 Å². The molecule has 3 N–H and O–H groups in total. The van der Waals surface area contributed by atoms with Gasteiger partial charge in [0.1, 0.15) is 0 Å². The molecule has 1 aliphatic carbocycles. The summed E-state index contributed by atoms with van der Waals surface area (Å²) in [5, 5.41) is 3.09. The topological polar surface area (TPSA) is 67.5 Å². The molecule has 112 valence electrons. The van der Waals surface area contributed by atoms with Gasteiger partial charge in [-0.1, -0.05) is 6.07 Å². The van der Waals surface area contributed by atoms with Gasteiger partial charge in [0.25, 0.3) is 0 Å². The molecule has 0 bridgehead atoms. The van der Waals surface area contributed by atoms with E-state index in [-0.39, 0.29) is 28.7 Å². The van der Waals surface area contributed by atoms with E-state index in [4.69, 9.17) is 5.73 Å². The maximum absolute atomic E-state index is 11.6. The van der Waals surface area contributed by atoms with E-state index in [0.717, 1.165) is 18.5 Å². The molecule has 1 atom stereocenters. The van der Waals surface area contributed by atoms with Crippen LogP contribution in [0.4, 0.5) is 5.69 Å². The van der Waals surface area contributed by atoms with Crippen molar-refractivity contribution in [3.05, 3.63) is 29.3 Å². The molecule has 0 spiro atoms. The van der Waals surface area contributed by atoms with Crippen LogP contribution in [0.3, 0.4) is 0 Å². The second-order valence-electron chi connectivity index (χ2n) is 5.34. The van der Waals surface area contributed by atoms with Gasteiger partial charge in [0.15, 0.2) is 5.96 Å². The van der Waals surface area contributed by atoms with E-state index in [1.54, 1.807) is 6.26 Å². The molecule has 2 rings (SSSR count). The molecule has 1 aromatic carbocycles. The molecule has 0 saturated heterocycles. The SMILES string of the molecule is Cc1cc(C)cc(NC(N)=NCC2(S(C)=O)CC2)c1.I. The first-order valence-electron chi connectivity index (χ1n) is 6.40. The minimum absolute atomic E-state index is 0. The maximum Gasteiger partial charge on any atom is 0.193 e. The number of benzene rings is 1. The molecular weight excluding hydrogens is 385 g/mol. The van der Waals surface area contributed by atoms with Crippen molar-refractivity contribution in [3.63, 3.8) is 0 Å². The smallest absolute Gasteiger partial charge is 0.193 e. The number of rotatable bonds is 4. The summed E-state index contributed by atoms with van der Waals surface area (Å²) < 4.78 is 11.5. The van der Waals surface area contributed by atoms with Crippen molar-refractivity contribution in [3.8, 4) is 0 Å². The molecule has 0 heterocycles. The van der Waals surface area contributed by atoms with E-state index in [1.165, 1.54) is 11.1 Å². The van der Waals surface area contributed by atoms with Crippen LogP contribution in [0.15, 0.2) is 23.2 Å². The highest BCUT2D eigenvalue weighted by atomic mass is 127. The van der Waals surface area contributed by atoms with Crippen LogP contribution in [0.5, 0.6) is 0 Å². The Morgan fingerprint density at radius 1 is 1.35 bits per heavy atom. The molecule has 0 aromatic heterocycles. The van der Waals surface area contributed by atoms with Gasteiger partial charge >= 0.3 is 0 Å². The van der Waals surface area contributed by atoms with Gasteiger partial charge in [-0.2, -0.15) is 0 Å². The average molecular weight is 407 g/mol. The Kier molecular flexibility index (Phi) is 6.00. The van der Waals surface area contributed by atoms with Gasteiger partial charge in [-0.15, -0.1) is 24.0 Å². The van der Waals surface area contributed by atoms with Gasteiger partial charge in [-0.05, 0) is 49.9 Å². The second kappa shape index (κ2) is 6.89. The van der Waals surface area contributed by atoms with Crippen molar-refractivity contribution in [1.82, 2.24) is 0 Å². The first kappa shape index (κ1) is 17.4. The third-order valence-corrected chi connectivity index (χ3v) is 5.21. The fourth-order valence-corrected chi connectivity index (χ4v) is 3.06. The molecule has 4 nitrogen and oxygen atoms in total. The Bertz CT molecular complexity index is 521. The highest BCUT2D eigenvalue weighted by Gasteiger charge is 2.46. The molecule has 20 heavy (non-hydrogen) atoms. The molecule has 1 aliphatic rings. The number of nitrogens with zero attached hydrogens (tertiary/aromatic N) is 1. The fourth-order valence-electron chi connectivity index (χ4n) is 2.14. The van der Waals surface area contributed by atoms with Crippen LogP contribution in [-0.4, -0.2) is 27.7 Å². The van der Waals surface area contributed by atoms with E-state index in [9.17, 15) is 4.21 Å². The van der Waals surface area contributed by atoms with Crippen LogP contribution in [-0.2, 0) is 10.8 Å². The molecule has 0 aliphatic heterocycles. The van der Waals surface area contributed by atoms with Crippen LogP contribution >= 0.6 is 24.0 Å². The van der Waals surface area contributed by atoms with Crippen molar-refractivity contribution >= 4 is 46.4 Å². The molecule has 0 radical (unpaired) electrons. The number of hydrogen-bond donors (Lipinski definition) is 2. The normalized spacial score (nSPS) is 18.1. The van der Waals surface area contributed by atoms with Gasteiger partial charge in [-0.3, -0.25) is 9.20 Å². The van der Waals surface area contributed by atoms with Gasteiger partial charge in [0.05, 0.1) is 11.3 Å². The van der Waals surface area contributed by atoms with Crippen molar-refractivity contribution in [2.24, 2.45) is 10.7 Å². The first-order chi connectivity index (χ1) is 8.91. The zero-order valence-corrected chi connectivity index (χ0v) is 15.2. The van der Waals surface area contributed by atoms with Crippen LogP contribution in [0.1, 0.15) is 24.0 Å². The number of halogens is 1. The number of anilines is 1.